The van der Waals surface area contributed by atoms with E-state index in [9.17, 15) is 14.4 Å². The molecular formula is C85H113N16O3SV-. The maximum absolute atomic E-state index is 11.9. The number of carbonyl (C=O) groups excluding carboxylic acids is 1. The fraction of sp³-hybridized carbons (Fsp3) is 0.412. The molecule has 0 saturated heterocycles. The van der Waals surface area contributed by atoms with Crippen LogP contribution in [0.25, 0.3) is 49.0 Å². The minimum Gasteiger partial charge on any atom is -0.382 e. The zero-order chi connectivity index (χ0) is 78.4. The summed E-state index contributed by atoms with van der Waals surface area (Å²) in [6, 6.07) is 35.1. The second kappa shape index (κ2) is 35.7. The number of hydrogen-bond acceptors (Lipinski definition) is 14. The fourth-order valence-corrected chi connectivity index (χ4v) is 12.0. The van der Waals surface area contributed by atoms with Crippen molar-refractivity contribution in [1.82, 2.24) is 74.3 Å². The average molecular weight is 1490 g/mol. The van der Waals surface area contributed by atoms with Crippen molar-refractivity contribution in [2.24, 2.45) is 7.05 Å². The van der Waals surface area contributed by atoms with Crippen molar-refractivity contribution in [3.05, 3.63) is 241 Å². The number of rotatable bonds is 1. The van der Waals surface area contributed by atoms with Crippen LogP contribution in [0.2, 0.25) is 0 Å². The molecule has 13 aromatic rings. The molecule has 0 fully saturated rings. The van der Waals surface area contributed by atoms with E-state index in [0.717, 1.165) is 60.6 Å². The number of nitrogens with zero attached hydrogens (tertiary/aromatic N) is 11. The van der Waals surface area contributed by atoms with Crippen LogP contribution in [0.3, 0.4) is 0 Å². The van der Waals surface area contributed by atoms with Crippen LogP contribution in [0.5, 0.6) is 0 Å². The SMILES string of the molecule is CC(C)(C)c1c[nH]c2nc[c-]cc12.CC(C)(C)c1ccccc1.CC(C)(C)c1ccnc2[nH]c(=O)[nH]c12.CC(C)(C)c1cnc2cccnn12.CC(C)(C)c1csc2c(N)ncnc12.CNC(=O)c1cc(C(C)(C)C)ccn1.Cc1ncccc1C(C)(C)C.Cn1cnc2ccc(C(C)(C)C)cc2c1=O.[V]. The molecule has 19 nitrogen and oxygen atoms in total. The number of carbonyl (C=O) groups is 1. The summed E-state index contributed by atoms with van der Waals surface area (Å²) in [5.41, 5.74) is 23.0. The van der Waals surface area contributed by atoms with Gasteiger partial charge in [-0.1, -0.05) is 220 Å². The maximum atomic E-state index is 11.9. The smallest absolute Gasteiger partial charge is 0.325 e. The predicted octanol–water partition coefficient (Wildman–Crippen LogP) is 18.4. The van der Waals surface area contributed by atoms with Crippen LogP contribution in [0, 0.1) is 13.0 Å². The molecular weight excluding hydrogens is 1380 g/mol. The number of nitrogen functional groups attached to an aromatic ring is 1. The number of aromatic nitrogens is 14. The number of benzene rings is 2. The van der Waals surface area contributed by atoms with Crippen molar-refractivity contribution >= 4 is 72.0 Å². The molecule has 0 aliphatic heterocycles. The Morgan fingerprint density at radius 2 is 1.15 bits per heavy atom. The average Bonchev–Trinajstić information content (AvgIpc) is 1.33. The Balaban J connectivity index is 0.000000218. The molecule has 1 radical (unpaired) electrons. The Kier molecular flexibility index (Phi) is 29.4. The van der Waals surface area contributed by atoms with E-state index in [1.165, 1.54) is 38.5 Å². The minimum absolute atomic E-state index is 0. The summed E-state index contributed by atoms with van der Waals surface area (Å²) < 4.78 is 4.40. The van der Waals surface area contributed by atoms with Gasteiger partial charge in [-0.2, -0.15) is 5.10 Å². The summed E-state index contributed by atoms with van der Waals surface area (Å²) in [7, 11) is 3.33. The quantitative estimate of drug-likeness (QED) is 0.0959. The minimum atomic E-state index is -0.204. The Labute approximate surface area is 643 Å². The van der Waals surface area contributed by atoms with Crippen LogP contribution < -0.4 is 22.3 Å². The number of imidazole rings is 2. The van der Waals surface area contributed by atoms with Gasteiger partial charge in [0, 0.05) is 68.5 Å². The first kappa shape index (κ1) is 87.1. The van der Waals surface area contributed by atoms with Gasteiger partial charge >= 0.3 is 5.69 Å². The number of anilines is 1. The summed E-state index contributed by atoms with van der Waals surface area (Å²) in [4.78, 5) is 76.3. The number of thiophene rings is 1. The Bertz CT molecular complexity index is 5020. The molecule has 0 spiro atoms. The number of nitrogens with one attached hydrogen (secondary N) is 4. The van der Waals surface area contributed by atoms with E-state index in [2.05, 4.69) is 286 Å². The summed E-state index contributed by atoms with van der Waals surface area (Å²) >= 11 is 1.62. The van der Waals surface area contributed by atoms with Crippen molar-refractivity contribution in [3.63, 3.8) is 0 Å². The molecule has 0 aliphatic rings. The molecule has 106 heavy (non-hydrogen) atoms. The monoisotopic (exact) mass is 1490 g/mol. The van der Waals surface area contributed by atoms with Crippen LogP contribution in [0.15, 0.2) is 168 Å². The summed E-state index contributed by atoms with van der Waals surface area (Å²) in [6.07, 6.45) is 15.7. The van der Waals surface area contributed by atoms with Gasteiger partial charge in [0.25, 0.3) is 11.5 Å². The molecule has 11 heterocycles. The number of amides is 1. The summed E-state index contributed by atoms with van der Waals surface area (Å²) in [5.74, 6) is 0.437. The van der Waals surface area contributed by atoms with Crippen molar-refractivity contribution in [1.29, 1.82) is 0 Å². The van der Waals surface area contributed by atoms with E-state index in [0.29, 0.717) is 28.0 Å². The molecule has 0 unspecified atom stereocenters. The predicted molar refractivity (Wildman–Crippen MR) is 436 cm³/mol. The summed E-state index contributed by atoms with van der Waals surface area (Å²) in [6.45, 7) is 54.0. The second-order valence-electron chi connectivity index (χ2n) is 34.1. The van der Waals surface area contributed by atoms with Gasteiger partial charge in [-0.25, -0.2) is 46.4 Å². The third-order valence-corrected chi connectivity index (χ3v) is 18.0. The number of hydrogen-bond donors (Lipinski definition) is 5. The third kappa shape index (κ3) is 24.3. The molecule has 13 rings (SSSR count). The molecule has 11 aromatic heterocycles. The van der Waals surface area contributed by atoms with Crippen molar-refractivity contribution in [2.75, 3.05) is 12.8 Å². The number of H-pyrrole nitrogens is 3. The van der Waals surface area contributed by atoms with E-state index in [4.69, 9.17) is 5.73 Å². The molecule has 0 saturated carbocycles. The van der Waals surface area contributed by atoms with E-state index in [1.54, 1.807) is 56.5 Å². The van der Waals surface area contributed by atoms with Crippen LogP contribution in [-0.4, -0.2) is 82.0 Å². The first-order valence-corrected chi connectivity index (χ1v) is 36.3. The van der Waals surface area contributed by atoms with Gasteiger partial charge in [0.1, 0.15) is 17.8 Å². The number of fused-ring (bicyclic) bond motifs is 5. The molecule has 2 aromatic carbocycles. The van der Waals surface area contributed by atoms with Crippen LogP contribution >= 0.6 is 11.3 Å². The van der Waals surface area contributed by atoms with Gasteiger partial charge in [0.2, 0.25) is 0 Å². The standard InChI is InChI=1S/C13H16N2O.C11H16N2O.C11H13N2.C10H13N3O.C10H13N3S.C10H13N3.C10H15N.C10H14.V/c1-13(2,3)9-5-6-11-10(7-9)12(16)15(4)8-14-11;1-11(2,3)8-5-6-13-9(7-8)10(14)12-4;1-11(2,3)9-7-13-10-8(9)5-4-6-12-10;1-10(2,3)6-4-5-11-8-7(6)12-9(14)13-8;1-10(2,3)6-4-14-8-7(6)12-5-13-9(8)11;1-10(2,3)8-7-11-9-5-4-6-12-13(8)9;1-8-9(10(2,3)4)6-5-7-11-8;1-10(2,3)9-7-5-4-6-8-9;/h5-8H,1-4H3;5-7H,1-4H3,(H,12,14);5-7H,1-3H3,(H,12,13);4-5H,1-3H3,(H2,11,12,13,14);4-5H,1-3H3,(H2,11,12,13);4-7H,1-3H3;5-7H,1-4H3;4-8H,1-3H3;/q;;-1;;;;;;. The van der Waals surface area contributed by atoms with Crippen LogP contribution in [-0.2, 0) is 68.9 Å². The van der Waals surface area contributed by atoms with E-state index in [1.807, 2.05) is 83.8 Å². The third-order valence-electron chi connectivity index (χ3n) is 17.0. The molecule has 563 valence electrons. The molecule has 1 amide bonds. The first-order valence-electron chi connectivity index (χ1n) is 35.4. The normalized spacial score (nSPS) is 11.8. The fourth-order valence-electron chi connectivity index (χ4n) is 10.9. The molecule has 0 bridgehead atoms. The molecule has 6 N–H and O–H groups in total. The second-order valence-corrected chi connectivity index (χ2v) is 35.0. The van der Waals surface area contributed by atoms with E-state index >= 15 is 0 Å². The number of pyridine rings is 4. The van der Waals surface area contributed by atoms with Crippen molar-refractivity contribution in [2.45, 2.75) is 216 Å². The van der Waals surface area contributed by atoms with Gasteiger partial charge in [-0.15, -0.1) is 16.7 Å². The first-order chi connectivity index (χ1) is 48.6. The molecule has 0 aliphatic carbocycles. The van der Waals surface area contributed by atoms with Crippen LogP contribution in [0.1, 0.15) is 227 Å². The number of aryl methyl sites for hydroxylation is 2. The topological polar surface area (TPSA) is 262 Å². The molecule has 0 atom stereocenters. The Morgan fingerprint density at radius 3 is 1.72 bits per heavy atom. The zero-order valence-electron chi connectivity index (χ0n) is 67.6. The van der Waals surface area contributed by atoms with Gasteiger partial charge in [-0.05, 0) is 138 Å². The van der Waals surface area contributed by atoms with Crippen molar-refractivity contribution in [3.8, 4) is 0 Å². The maximum Gasteiger partial charge on any atom is 0.325 e. The van der Waals surface area contributed by atoms with Gasteiger partial charge < -0.3 is 25.6 Å². The zero-order valence-corrected chi connectivity index (χ0v) is 69.8. The Morgan fingerprint density at radius 1 is 0.547 bits per heavy atom. The number of nitrogens with two attached hydrogens (primary N) is 1. The van der Waals surface area contributed by atoms with Gasteiger partial charge in [0.05, 0.1) is 50.5 Å². The van der Waals surface area contributed by atoms with E-state index in [-0.39, 0.29) is 73.6 Å². The largest absolute Gasteiger partial charge is 0.382 e. The van der Waals surface area contributed by atoms with Crippen molar-refractivity contribution < 1.29 is 23.4 Å². The van der Waals surface area contributed by atoms with Gasteiger partial charge in [0.15, 0.2) is 11.3 Å². The van der Waals surface area contributed by atoms with Gasteiger partial charge in [-0.3, -0.25) is 29.5 Å². The van der Waals surface area contributed by atoms with E-state index < -0.39 is 0 Å². The van der Waals surface area contributed by atoms with Crippen LogP contribution in [0.4, 0.5) is 5.82 Å². The summed E-state index contributed by atoms with van der Waals surface area (Å²) in [5, 5.41) is 10.8. The molecule has 21 heteroatoms. The number of aromatic amines is 3. The Hall–Kier alpha value is -9.50.